The highest BCUT2D eigenvalue weighted by atomic mass is 35.5. The minimum atomic E-state index is -3.07. The maximum absolute atomic E-state index is 12.1. The Balaban J connectivity index is 1.76. The number of H-pyrrole nitrogens is 1. The summed E-state index contributed by atoms with van der Waals surface area (Å²) in [6.07, 6.45) is 4.46. The molecule has 1 aliphatic rings. The number of piperidine rings is 1. The number of hydrogen-bond acceptors (Lipinski definition) is 2. The van der Waals surface area contributed by atoms with Crippen LogP contribution in [0.1, 0.15) is 37.7 Å². The van der Waals surface area contributed by atoms with Crippen molar-refractivity contribution >= 4 is 32.5 Å². The van der Waals surface area contributed by atoms with E-state index >= 15 is 0 Å². The topological polar surface area (TPSA) is 53.2 Å². The number of rotatable bonds is 4. The van der Waals surface area contributed by atoms with E-state index in [0.29, 0.717) is 25.4 Å². The molecule has 3 rings (SSSR count). The van der Waals surface area contributed by atoms with Gasteiger partial charge in [0.25, 0.3) is 0 Å². The fraction of sp³-hybridized carbons (Fsp3) is 0.500. The normalized spacial score (nSPS) is 18.1. The van der Waals surface area contributed by atoms with Crippen molar-refractivity contribution in [2.24, 2.45) is 0 Å². The van der Waals surface area contributed by atoms with Gasteiger partial charge in [0.05, 0.1) is 5.75 Å². The molecule has 1 saturated heterocycles. The van der Waals surface area contributed by atoms with Crippen LogP contribution >= 0.6 is 11.6 Å². The van der Waals surface area contributed by atoms with Crippen molar-refractivity contribution in [3.05, 3.63) is 35.0 Å². The SMILES string of the molecule is CCCS(=O)(=O)N1CCC(c2c[nH]c3cc(Cl)ccc23)CC1. The van der Waals surface area contributed by atoms with Gasteiger partial charge in [0, 0.05) is 35.2 Å². The van der Waals surface area contributed by atoms with Gasteiger partial charge in [-0.3, -0.25) is 0 Å². The van der Waals surface area contributed by atoms with E-state index in [4.69, 9.17) is 11.6 Å². The molecule has 1 aromatic carbocycles. The molecule has 0 aliphatic carbocycles. The number of nitrogens with zero attached hydrogens (tertiary/aromatic N) is 1. The molecule has 1 fully saturated rings. The van der Waals surface area contributed by atoms with Gasteiger partial charge in [-0.25, -0.2) is 12.7 Å². The third-order valence-corrected chi connectivity index (χ3v) is 6.74. The molecule has 0 bridgehead atoms. The fourth-order valence-corrected chi connectivity index (χ4v) is 5.00. The molecule has 2 aromatic rings. The smallest absolute Gasteiger partial charge is 0.214 e. The molecule has 22 heavy (non-hydrogen) atoms. The number of hydrogen-bond donors (Lipinski definition) is 1. The molecular formula is C16H21ClN2O2S. The van der Waals surface area contributed by atoms with Crippen LogP contribution in [0.25, 0.3) is 10.9 Å². The number of benzene rings is 1. The largest absolute Gasteiger partial charge is 0.361 e. The molecule has 4 nitrogen and oxygen atoms in total. The second-order valence-electron chi connectivity index (χ2n) is 5.92. The van der Waals surface area contributed by atoms with E-state index in [9.17, 15) is 8.42 Å². The summed E-state index contributed by atoms with van der Waals surface area (Å²) in [6.45, 7) is 3.14. The van der Waals surface area contributed by atoms with Crippen molar-refractivity contribution in [3.8, 4) is 0 Å². The predicted molar refractivity (Wildman–Crippen MR) is 90.9 cm³/mol. The zero-order valence-electron chi connectivity index (χ0n) is 12.7. The van der Waals surface area contributed by atoms with Crippen molar-refractivity contribution in [1.82, 2.24) is 9.29 Å². The standard InChI is InChI=1S/C16H21ClN2O2S/c1-2-9-22(20,21)19-7-5-12(6-8-19)15-11-18-16-10-13(17)3-4-14(15)16/h3-4,10-12,18H,2,5-9H2,1H3. The molecule has 0 radical (unpaired) electrons. The van der Waals surface area contributed by atoms with Crippen LogP contribution < -0.4 is 0 Å². The molecule has 120 valence electrons. The van der Waals surface area contributed by atoms with Crippen molar-refractivity contribution in [3.63, 3.8) is 0 Å². The van der Waals surface area contributed by atoms with Gasteiger partial charge in [0.2, 0.25) is 10.0 Å². The van der Waals surface area contributed by atoms with E-state index in [-0.39, 0.29) is 5.75 Å². The zero-order chi connectivity index (χ0) is 15.7. The van der Waals surface area contributed by atoms with Gasteiger partial charge in [-0.15, -0.1) is 0 Å². The van der Waals surface area contributed by atoms with Crippen LogP contribution in [0.5, 0.6) is 0 Å². The average molecular weight is 341 g/mol. The number of halogens is 1. The van der Waals surface area contributed by atoms with Gasteiger partial charge in [0.15, 0.2) is 0 Å². The summed E-state index contributed by atoms with van der Waals surface area (Å²) in [5, 5.41) is 1.92. The number of aromatic nitrogens is 1. The zero-order valence-corrected chi connectivity index (χ0v) is 14.3. The summed E-state index contributed by atoms with van der Waals surface area (Å²) in [5.41, 5.74) is 2.32. The average Bonchev–Trinajstić information content (AvgIpc) is 2.90. The molecule has 1 aliphatic heterocycles. The van der Waals surface area contributed by atoms with Crippen LogP contribution in [0.3, 0.4) is 0 Å². The van der Waals surface area contributed by atoms with Gasteiger partial charge < -0.3 is 4.98 Å². The van der Waals surface area contributed by atoms with E-state index < -0.39 is 10.0 Å². The lowest BCUT2D eigenvalue weighted by atomic mass is 9.90. The molecule has 2 heterocycles. The van der Waals surface area contributed by atoms with Gasteiger partial charge in [-0.05, 0) is 42.9 Å². The van der Waals surface area contributed by atoms with Crippen molar-refractivity contribution < 1.29 is 8.42 Å². The van der Waals surface area contributed by atoms with E-state index in [1.807, 2.05) is 31.3 Å². The molecule has 0 amide bonds. The van der Waals surface area contributed by atoms with Crippen LogP contribution in [0.4, 0.5) is 0 Å². The first-order chi connectivity index (χ1) is 10.5. The van der Waals surface area contributed by atoms with Crippen molar-refractivity contribution in [1.29, 1.82) is 0 Å². The quantitative estimate of drug-likeness (QED) is 0.921. The number of nitrogens with one attached hydrogen (secondary N) is 1. The third-order valence-electron chi connectivity index (χ3n) is 4.43. The van der Waals surface area contributed by atoms with Gasteiger partial charge in [0.1, 0.15) is 0 Å². The fourth-order valence-electron chi connectivity index (χ4n) is 3.29. The molecule has 0 spiro atoms. The maximum Gasteiger partial charge on any atom is 0.214 e. The summed E-state index contributed by atoms with van der Waals surface area (Å²) >= 11 is 6.02. The molecule has 6 heteroatoms. The van der Waals surface area contributed by atoms with E-state index in [1.54, 1.807) is 4.31 Å². The lowest BCUT2D eigenvalue weighted by Crippen LogP contribution is -2.39. The van der Waals surface area contributed by atoms with Crippen LogP contribution in [0, 0.1) is 0 Å². The first kappa shape index (κ1) is 15.8. The molecule has 0 saturated carbocycles. The van der Waals surface area contributed by atoms with Crippen LogP contribution in [0.2, 0.25) is 5.02 Å². The number of aromatic amines is 1. The van der Waals surface area contributed by atoms with E-state index in [0.717, 1.165) is 23.4 Å². The highest BCUT2D eigenvalue weighted by molar-refractivity contribution is 7.89. The Morgan fingerprint density at radius 2 is 2.05 bits per heavy atom. The Kier molecular flexibility index (Phi) is 4.48. The molecule has 0 atom stereocenters. The van der Waals surface area contributed by atoms with Crippen LogP contribution in [-0.4, -0.2) is 36.5 Å². The third kappa shape index (κ3) is 3.03. The first-order valence-corrected chi connectivity index (χ1v) is 9.74. The Morgan fingerprint density at radius 1 is 1.32 bits per heavy atom. The van der Waals surface area contributed by atoms with Crippen molar-refractivity contribution in [2.45, 2.75) is 32.1 Å². The number of fused-ring (bicyclic) bond motifs is 1. The van der Waals surface area contributed by atoms with Gasteiger partial charge in [-0.1, -0.05) is 24.6 Å². The van der Waals surface area contributed by atoms with E-state index in [1.165, 1.54) is 10.9 Å². The Bertz CT molecular complexity index is 762. The summed E-state index contributed by atoms with van der Waals surface area (Å²) in [7, 11) is -3.07. The predicted octanol–water partition coefficient (Wildman–Crippen LogP) is 3.74. The summed E-state index contributed by atoms with van der Waals surface area (Å²) in [4.78, 5) is 3.27. The van der Waals surface area contributed by atoms with Gasteiger partial charge in [-0.2, -0.15) is 0 Å². The highest BCUT2D eigenvalue weighted by Crippen LogP contribution is 2.34. The first-order valence-electron chi connectivity index (χ1n) is 7.75. The van der Waals surface area contributed by atoms with Gasteiger partial charge >= 0.3 is 0 Å². The van der Waals surface area contributed by atoms with E-state index in [2.05, 4.69) is 4.98 Å². The molecule has 0 unspecified atom stereocenters. The monoisotopic (exact) mass is 340 g/mol. The van der Waals surface area contributed by atoms with Crippen LogP contribution in [-0.2, 0) is 10.0 Å². The van der Waals surface area contributed by atoms with Crippen LogP contribution in [0.15, 0.2) is 24.4 Å². The summed E-state index contributed by atoms with van der Waals surface area (Å²) in [6, 6.07) is 5.88. The second-order valence-corrected chi connectivity index (χ2v) is 8.45. The number of sulfonamides is 1. The highest BCUT2D eigenvalue weighted by Gasteiger charge is 2.28. The Hall–Kier alpha value is -1.04. The lowest BCUT2D eigenvalue weighted by Gasteiger charge is -2.31. The summed E-state index contributed by atoms with van der Waals surface area (Å²) in [5.74, 6) is 0.659. The molecule has 1 aromatic heterocycles. The lowest BCUT2D eigenvalue weighted by molar-refractivity contribution is 0.320. The Labute approximate surface area is 136 Å². The minimum absolute atomic E-state index is 0.253. The molecular weight excluding hydrogens is 320 g/mol. The minimum Gasteiger partial charge on any atom is -0.361 e. The summed E-state index contributed by atoms with van der Waals surface area (Å²) < 4.78 is 25.9. The second kappa shape index (κ2) is 6.22. The van der Waals surface area contributed by atoms with Crippen molar-refractivity contribution in [2.75, 3.05) is 18.8 Å². The maximum atomic E-state index is 12.1. The molecule has 1 N–H and O–H groups in total. The Morgan fingerprint density at radius 3 is 2.73 bits per heavy atom.